The SMILES string of the molecule is CCCN(c1ccccc1N)C(C)C(=O)O. The van der Waals surface area contributed by atoms with E-state index in [9.17, 15) is 4.79 Å². The molecule has 4 nitrogen and oxygen atoms in total. The molecule has 0 fully saturated rings. The van der Waals surface area contributed by atoms with Crippen molar-refractivity contribution >= 4 is 17.3 Å². The van der Waals surface area contributed by atoms with Crippen LogP contribution in [0.1, 0.15) is 20.3 Å². The Bertz CT molecular complexity index is 366. The fraction of sp³-hybridized carbons (Fsp3) is 0.417. The van der Waals surface area contributed by atoms with Gasteiger partial charge in [-0.05, 0) is 25.5 Å². The van der Waals surface area contributed by atoms with Gasteiger partial charge >= 0.3 is 5.97 Å². The van der Waals surface area contributed by atoms with Crippen LogP contribution in [-0.2, 0) is 4.79 Å². The Morgan fingerprint density at radius 1 is 1.50 bits per heavy atom. The van der Waals surface area contributed by atoms with Gasteiger partial charge in [0.05, 0.1) is 11.4 Å². The molecular formula is C12H18N2O2. The predicted octanol–water partition coefficient (Wildman–Crippen LogP) is 1.96. The zero-order chi connectivity index (χ0) is 12.1. The van der Waals surface area contributed by atoms with Crippen LogP contribution >= 0.6 is 0 Å². The number of hydrogen-bond donors (Lipinski definition) is 2. The number of aliphatic carboxylic acids is 1. The normalized spacial score (nSPS) is 12.1. The molecule has 3 N–H and O–H groups in total. The molecule has 1 aromatic rings. The number of nitrogens with two attached hydrogens (primary N) is 1. The summed E-state index contributed by atoms with van der Waals surface area (Å²) in [5, 5.41) is 9.05. The third-order valence-corrected chi connectivity index (χ3v) is 2.54. The molecule has 1 unspecified atom stereocenters. The fourth-order valence-corrected chi connectivity index (χ4v) is 1.65. The molecule has 0 spiro atoms. The largest absolute Gasteiger partial charge is 0.480 e. The highest BCUT2D eigenvalue weighted by molar-refractivity contribution is 5.80. The van der Waals surface area contributed by atoms with Crippen LogP contribution in [-0.4, -0.2) is 23.7 Å². The lowest BCUT2D eigenvalue weighted by Gasteiger charge is -2.29. The number of para-hydroxylation sites is 2. The molecule has 0 aliphatic heterocycles. The number of carbonyl (C=O) groups is 1. The lowest BCUT2D eigenvalue weighted by Crippen LogP contribution is -2.40. The highest BCUT2D eigenvalue weighted by atomic mass is 16.4. The summed E-state index contributed by atoms with van der Waals surface area (Å²) in [5.74, 6) is -0.836. The minimum atomic E-state index is -0.836. The van der Waals surface area contributed by atoms with Crippen molar-refractivity contribution in [2.75, 3.05) is 17.2 Å². The summed E-state index contributed by atoms with van der Waals surface area (Å²) >= 11 is 0. The van der Waals surface area contributed by atoms with Crippen molar-refractivity contribution in [2.24, 2.45) is 0 Å². The quantitative estimate of drug-likeness (QED) is 0.747. The minimum Gasteiger partial charge on any atom is -0.480 e. The Labute approximate surface area is 95.7 Å². The zero-order valence-corrected chi connectivity index (χ0v) is 9.68. The first-order chi connectivity index (χ1) is 7.57. The maximum Gasteiger partial charge on any atom is 0.326 e. The van der Waals surface area contributed by atoms with Crippen LogP contribution < -0.4 is 10.6 Å². The molecule has 0 radical (unpaired) electrons. The van der Waals surface area contributed by atoms with E-state index in [0.717, 1.165) is 12.1 Å². The van der Waals surface area contributed by atoms with Gasteiger partial charge in [-0.25, -0.2) is 4.79 Å². The Balaban J connectivity index is 3.02. The second-order valence-corrected chi connectivity index (χ2v) is 3.77. The van der Waals surface area contributed by atoms with Crippen LogP contribution in [0.2, 0.25) is 0 Å². The van der Waals surface area contributed by atoms with Gasteiger partial charge in [-0.3, -0.25) is 0 Å². The number of carboxylic acid groups (broad SMARTS) is 1. The van der Waals surface area contributed by atoms with Crippen LogP contribution in [0, 0.1) is 0 Å². The van der Waals surface area contributed by atoms with Crippen LogP contribution in [0.25, 0.3) is 0 Å². The Kier molecular flexibility index (Phi) is 4.17. The molecule has 0 aromatic heterocycles. The average Bonchev–Trinajstić information content (AvgIpc) is 2.26. The molecular weight excluding hydrogens is 204 g/mol. The molecule has 4 heteroatoms. The summed E-state index contributed by atoms with van der Waals surface area (Å²) in [5.41, 5.74) is 7.26. The molecule has 88 valence electrons. The number of nitrogens with zero attached hydrogens (tertiary/aromatic N) is 1. The van der Waals surface area contributed by atoms with Crippen molar-refractivity contribution in [3.63, 3.8) is 0 Å². The van der Waals surface area contributed by atoms with Gasteiger partial charge in [0.1, 0.15) is 6.04 Å². The number of carboxylic acids is 1. The summed E-state index contributed by atoms with van der Waals surface area (Å²) in [7, 11) is 0. The van der Waals surface area contributed by atoms with Crippen molar-refractivity contribution < 1.29 is 9.90 Å². The monoisotopic (exact) mass is 222 g/mol. The van der Waals surface area contributed by atoms with Crippen LogP contribution in [0.15, 0.2) is 24.3 Å². The summed E-state index contributed by atoms with van der Waals surface area (Å²) in [6.07, 6.45) is 0.881. The average molecular weight is 222 g/mol. The van der Waals surface area contributed by atoms with E-state index in [1.165, 1.54) is 0 Å². The van der Waals surface area contributed by atoms with Crippen molar-refractivity contribution in [3.05, 3.63) is 24.3 Å². The highest BCUT2D eigenvalue weighted by Crippen LogP contribution is 2.24. The maximum atomic E-state index is 11.0. The van der Waals surface area contributed by atoms with E-state index in [-0.39, 0.29) is 0 Å². The van der Waals surface area contributed by atoms with E-state index in [0.29, 0.717) is 12.2 Å². The summed E-state index contributed by atoms with van der Waals surface area (Å²) in [6.45, 7) is 4.37. The van der Waals surface area contributed by atoms with E-state index in [4.69, 9.17) is 10.8 Å². The second-order valence-electron chi connectivity index (χ2n) is 3.77. The van der Waals surface area contributed by atoms with E-state index in [1.54, 1.807) is 13.0 Å². The third-order valence-electron chi connectivity index (χ3n) is 2.54. The van der Waals surface area contributed by atoms with Gasteiger partial charge in [0, 0.05) is 6.54 Å². The van der Waals surface area contributed by atoms with Gasteiger partial charge in [-0.1, -0.05) is 19.1 Å². The van der Waals surface area contributed by atoms with Crippen LogP contribution in [0.4, 0.5) is 11.4 Å². The number of rotatable bonds is 5. The third kappa shape index (κ3) is 2.66. The first-order valence-electron chi connectivity index (χ1n) is 5.41. The Hall–Kier alpha value is -1.71. The lowest BCUT2D eigenvalue weighted by molar-refractivity contribution is -0.138. The lowest BCUT2D eigenvalue weighted by atomic mass is 10.2. The molecule has 0 aliphatic carbocycles. The topological polar surface area (TPSA) is 66.6 Å². The molecule has 1 rings (SSSR count). The van der Waals surface area contributed by atoms with E-state index < -0.39 is 12.0 Å². The number of benzene rings is 1. The van der Waals surface area contributed by atoms with Gasteiger partial charge < -0.3 is 15.7 Å². The fourth-order valence-electron chi connectivity index (χ4n) is 1.65. The molecule has 16 heavy (non-hydrogen) atoms. The van der Waals surface area contributed by atoms with Crippen LogP contribution in [0.5, 0.6) is 0 Å². The Morgan fingerprint density at radius 2 is 2.12 bits per heavy atom. The van der Waals surface area contributed by atoms with Gasteiger partial charge in [-0.15, -0.1) is 0 Å². The Morgan fingerprint density at radius 3 is 2.62 bits per heavy atom. The molecule has 0 aliphatic rings. The number of nitrogen functional groups attached to an aromatic ring is 1. The summed E-state index contributed by atoms with van der Waals surface area (Å²) in [6, 6.07) is 6.78. The molecule has 0 saturated heterocycles. The number of anilines is 2. The van der Waals surface area contributed by atoms with Gasteiger partial charge in [0.2, 0.25) is 0 Å². The molecule has 0 bridgehead atoms. The summed E-state index contributed by atoms with van der Waals surface area (Å²) < 4.78 is 0. The minimum absolute atomic E-state index is 0.565. The molecule has 0 amide bonds. The van der Waals surface area contributed by atoms with E-state index >= 15 is 0 Å². The van der Waals surface area contributed by atoms with E-state index in [1.807, 2.05) is 30.0 Å². The van der Waals surface area contributed by atoms with Gasteiger partial charge in [0.25, 0.3) is 0 Å². The first kappa shape index (κ1) is 12.4. The molecule has 1 atom stereocenters. The molecule has 1 aromatic carbocycles. The molecule has 0 heterocycles. The van der Waals surface area contributed by atoms with Gasteiger partial charge in [-0.2, -0.15) is 0 Å². The van der Waals surface area contributed by atoms with Crippen molar-refractivity contribution in [1.82, 2.24) is 0 Å². The smallest absolute Gasteiger partial charge is 0.326 e. The number of hydrogen-bond acceptors (Lipinski definition) is 3. The standard InChI is InChI=1S/C12H18N2O2/c1-3-8-14(9(2)12(15)16)11-7-5-4-6-10(11)13/h4-7,9H,3,8,13H2,1-2H3,(H,15,16). The maximum absolute atomic E-state index is 11.0. The van der Waals surface area contributed by atoms with E-state index in [2.05, 4.69) is 0 Å². The van der Waals surface area contributed by atoms with Crippen molar-refractivity contribution in [3.8, 4) is 0 Å². The molecule has 0 saturated carbocycles. The van der Waals surface area contributed by atoms with Crippen LogP contribution in [0.3, 0.4) is 0 Å². The highest BCUT2D eigenvalue weighted by Gasteiger charge is 2.21. The van der Waals surface area contributed by atoms with Crippen molar-refractivity contribution in [1.29, 1.82) is 0 Å². The predicted molar refractivity (Wildman–Crippen MR) is 65.6 cm³/mol. The van der Waals surface area contributed by atoms with Gasteiger partial charge in [0.15, 0.2) is 0 Å². The van der Waals surface area contributed by atoms with Crippen molar-refractivity contribution in [2.45, 2.75) is 26.3 Å². The zero-order valence-electron chi connectivity index (χ0n) is 9.68. The second kappa shape index (κ2) is 5.39. The first-order valence-corrected chi connectivity index (χ1v) is 5.41. The summed E-state index contributed by atoms with van der Waals surface area (Å²) in [4.78, 5) is 12.8.